The van der Waals surface area contributed by atoms with Gasteiger partial charge in [-0.25, -0.2) is 0 Å². The SMILES string of the molecule is C=Cc1ccc([B-](c2ccc(C=C)cc2)(c2ccc(C=C)cc2)c2ccc(C=C)cc2)cc1. The molecule has 33 heavy (non-hydrogen) atoms. The first-order valence-electron chi connectivity index (χ1n) is 11.2. The van der Waals surface area contributed by atoms with E-state index >= 15 is 0 Å². The molecule has 0 aliphatic rings. The van der Waals surface area contributed by atoms with Gasteiger partial charge in [-0.15, -0.1) is 0 Å². The molecule has 1 heteroatoms. The average molecular weight is 423 g/mol. The molecule has 0 saturated carbocycles. The van der Waals surface area contributed by atoms with Crippen LogP contribution in [0.15, 0.2) is 123 Å². The summed E-state index contributed by atoms with van der Waals surface area (Å²) in [6, 6.07) is 35.1. The monoisotopic (exact) mass is 423 g/mol. The standard InChI is InChI=1S/C32H28B/c1-5-25-9-17-29(18-10-25)33(30-19-11-26(6-2)12-20-30,31-21-13-27(7-3)14-22-31)32-23-15-28(8-4)16-24-32/h5-24H,1-4H2/q-1. The Morgan fingerprint density at radius 2 is 0.515 bits per heavy atom. The lowest BCUT2D eigenvalue weighted by Gasteiger charge is -2.44. The second-order valence-electron chi connectivity index (χ2n) is 8.35. The van der Waals surface area contributed by atoms with Gasteiger partial charge in [-0.05, 0) is 22.3 Å². The maximum Gasteiger partial charge on any atom is 0.108 e. The van der Waals surface area contributed by atoms with Crippen LogP contribution in [0, 0.1) is 0 Å². The van der Waals surface area contributed by atoms with Crippen molar-refractivity contribution in [1.82, 2.24) is 0 Å². The van der Waals surface area contributed by atoms with Crippen molar-refractivity contribution in [2.24, 2.45) is 0 Å². The third-order valence-corrected chi connectivity index (χ3v) is 6.69. The third kappa shape index (κ3) is 4.06. The van der Waals surface area contributed by atoms with E-state index in [1.807, 2.05) is 24.3 Å². The van der Waals surface area contributed by atoms with E-state index in [1.54, 1.807) is 0 Å². The van der Waals surface area contributed by atoms with Crippen molar-refractivity contribution < 1.29 is 0 Å². The van der Waals surface area contributed by atoms with E-state index in [-0.39, 0.29) is 0 Å². The van der Waals surface area contributed by atoms with Crippen LogP contribution in [0.25, 0.3) is 24.3 Å². The predicted octanol–water partition coefficient (Wildman–Crippen LogP) is 5.64. The van der Waals surface area contributed by atoms with E-state index in [4.69, 9.17) is 0 Å². The highest BCUT2D eigenvalue weighted by atomic mass is 14.1. The van der Waals surface area contributed by atoms with Gasteiger partial charge in [-0.2, -0.15) is 21.9 Å². The first-order chi connectivity index (χ1) is 16.1. The molecule has 0 saturated heterocycles. The molecule has 0 amide bonds. The molecule has 0 heterocycles. The maximum absolute atomic E-state index is 3.93. The fraction of sp³-hybridized carbons (Fsp3) is 0. The van der Waals surface area contributed by atoms with Crippen LogP contribution in [-0.4, -0.2) is 6.15 Å². The topological polar surface area (TPSA) is 0 Å². The summed E-state index contributed by atoms with van der Waals surface area (Å²) >= 11 is 0. The lowest BCUT2D eigenvalue weighted by atomic mass is 9.13. The molecule has 0 N–H and O–H groups in total. The van der Waals surface area contributed by atoms with Gasteiger partial charge >= 0.3 is 0 Å². The summed E-state index contributed by atoms with van der Waals surface area (Å²) in [5.74, 6) is 0. The molecular formula is C32H28B-. The zero-order valence-corrected chi connectivity index (χ0v) is 19.0. The molecule has 160 valence electrons. The van der Waals surface area contributed by atoms with Crippen LogP contribution in [0.2, 0.25) is 0 Å². The van der Waals surface area contributed by atoms with Gasteiger partial charge in [0.05, 0.1) is 0 Å². The highest BCUT2D eigenvalue weighted by molar-refractivity contribution is 7.19. The Morgan fingerprint density at radius 3 is 0.667 bits per heavy atom. The molecule has 0 aliphatic heterocycles. The molecule has 4 aromatic carbocycles. The van der Waals surface area contributed by atoms with Crippen LogP contribution in [0.3, 0.4) is 0 Å². The van der Waals surface area contributed by atoms with Gasteiger partial charge in [0.25, 0.3) is 0 Å². The Bertz CT molecular complexity index is 1060. The number of hydrogen-bond donors (Lipinski definition) is 0. The van der Waals surface area contributed by atoms with Gasteiger partial charge < -0.3 is 0 Å². The lowest BCUT2D eigenvalue weighted by Crippen LogP contribution is -2.74. The summed E-state index contributed by atoms with van der Waals surface area (Å²) in [6.45, 7) is 15.7. The summed E-state index contributed by atoms with van der Waals surface area (Å²) in [4.78, 5) is 0. The number of benzene rings is 4. The molecule has 0 fully saturated rings. The van der Waals surface area contributed by atoms with Gasteiger partial charge in [0.2, 0.25) is 0 Å². The molecule has 0 radical (unpaired) electrons. The van der Waals surface area contributed by atoms with Crippen LogP contribution in [-0.2, 0) is 0 Å². The lowest BCUT2D eigenvalue weighted by molar-refractivity contribution is 1.62. The summed E-state index contributed by atoms with van der Waals surface area (Å²) < 4.78 is 0. The van der Waals surface area contributed by atoms with Crippen molar-refractivity contribution >= 4 is 52.3 Å². The van der Waals surface area contributed by atoms with Gasteiger partial charge in [0, 0.05) is 0 Å². The minimum atomic E-state index is -1.44. The van der Waals surface area contributed by atoms with Crippen molar-refractivity contribution in [1.29, 1.82) is 0 Å². The van der Waals surface area contributed by atoms with Crippen LogP contribution < -0.4 is 21.9 Å². The van der Waals surface area contributed by atoms with E-state index in [0.29, 0.717) is 0 Å². The summed E-state index contributed by atoms with van der Waals surface area (Å²) in [6.07, 6.45) is 6.10. The normalized spacial score (nSPS) is 10.9. The second kappa shape index (κ2) is 9.59. The zero-order valence-electron chi connectivity index (χ0n) is 19.0. The number of hydrogen-bond acceptors (Lipinski definition) is 0. The van der Waals surface area contributed by atoms with Crippen LogP contribution in [0.1, 0.15) is 22.3 Å². The Morgan fingerprint density at radius 1 is 0.333 bits per heavy atom. The fourth-order valence-electron chi connectivity index (χ4n) is 4.84. The first kappa shape index (κ1) is 22.1. The Kier molecular flexibility index (Phi) is 6.42. The first-order valence-corrected chi connectivity index (χ1v) is 11.2. The van der Waals surface area contributed by atoms with E-state index in [9.17, 15) is 0 Å². The smallest absolute Gasteiger partial charge is 0.108 e. The molecule has 0 aliphatic carbocycles. The van der Waals surface area contributed by atoms with Crippen LogP contribution >= 0.6 is 0 Å². The largest absolute Gasteiger partial charge is 0.195 e. The van der Waals surface area contributed by atoms with Crippen molar-refractivity contribution in [2.45, 2.75) is 0 Å². The van der Waals surface area contributed by atoms with Crippen LogP contribution in [0.5, 0.6) is 0 Å². The fourth-order valence-corrected chi connectivity index (χ4v) is 4.84. The quantitative estimate of drug-likeness (QED) is 0.322. The molecule has 0 unspecified atom stereocenters. The minimum absolute atomic E-state index is 1.11. The van der Waals surface area contributed by atoms with Crippen molar-refractivity contribution in [3.8, 4) is 0 Å². The molecule has 0 atom stereocenters. The zero-order chi connectivity index (χ0) is 23.3. The minimum Gasteiger partial charge on any atom is -0.195 e. The summed E-state index contributed by atoms with van der Waals surface area (Å²) in [7, 11) is 0. The second-order valence-corrected chi connectivity index (χ2v) is 8.35. The molecule has 4 rings (SSSR count). The van der Waals surface area contributed by atoms with Gasteiger partial charge in [0.1, 0.15) is 6.15 Å². The Hall–Kier alpha value is -4.10. The van der Waals surface area contributed by atoms with Crippen LogP contribution in [0.4, 0.5) is 0 Å². The predicted molar refractivity (Wildman–Crippen MR) is 150 cm³/mol. The molecule has 0 bridgehead atoms. The Labute approximate surface area is 197 Å². The third-order valence-electron chi connectivity index (χ3n) is 6.69. The maximum atomic E-state index is 3.93. The highest BCUT2D eigenvalue weighted by Gasteiger charge is 2.31. The van der Waals surface area contributed by atoms with Crippen molar-refractivity contribution in [3.05, 3.63) is 146 Å². The molecule has 0 nitrogen and oxygen atoms in total. The van der Waals surface area contributed by atoms with Gasteiger partial charge in [-0.3, -0.25) is 0 Å². The van der Waals surface area contributed by atoms with E-state index in [0.717, 1.165) is 22.3 Å². The molecule has 4 aromatic rings. The average Bonchev–Trinajstić information content (AvgIpc) is 2.90. The molecule has 0 spiro atoms. The molecular weight excluding hydrogens is 395 g/mol. The number of rotatable bonds is 8. The van der Waals surface area contributed by atoms with Gasteiger partial charge in [-0.1, -0.05) is 148 Å². The highest BCUT2D eigenvalue weighted by Crippen LogP contribution is 2.14. The summed E-state index contributed by atoms with van der Waals surface area (Å²) in [5.41, 5.74) is 9.44. The van der Waals surface area contributed by atoms with Crippen molar-refractivity contribution in [2.75, 3.05) is 0 Å². The van der Waals surface area contributed by atoms with E-state index in [1.165, 1.54) is 21.9 Å². The van der Waals surface area contributed by atoms with Crippen molar-refractivity contribution in [3.63, 3.8) is 0 Å². The molecule has 0 aromatic heterocycles. The van der Waals surface area contributed by atoms with Gasteiger partial charge in [0.15, 0.2) is 0 Å². The van der Waals surface area contributed by atoms with E-state index in [2.05, 4.69) is 123 Å². The van der Waals surface area contributed by atoms with E-state index < -0.39 is 6.15 Å². The Balaban J connectivity index is 2.09. The summed E-state index contributed by atoms with van der Waals surface area (Å²) in [5, 5.41) is 0.